The molecule has 0 aliphatic heterocycles. The number of aromatic nitrogens is 1. The van der Waals surface area contributed by atoms with Crippen molar-refractivity contribution in [3.05, 3.63) is 65.9 Å². The number of hydrogen-bond donors (Lipinski definition) is 2. The predicted molar refractivity (Wildman–Crippen MR) is 79.9 cm³/mol. The lowest BCUT2D eigenvalue weighted by molar-refractivity contribution is 0.278. The second-order valence-electron chi connectivity index (χ2n) is 4.90. The summed E-state index contributed by atoms with van der Waals surface area (Å²) in [6.07, 6.45) is 2.61. The number of nitrogens with zero attached hydrogens (tertiary/aromatic N) is 1. The molecular weight excluding hydrogens is 250 g/mol. The molecule has 0 saturated heterocycles. The number of phenolic OH excluding ortho intramolecular Hbond substituents is 1. The zero-order valence-electron chi connectivity index (χ0n) is 11.2. The van der Waals surface area contributed by atoms with E-state index in [4.69, 9.17) is 5.11 Å². The Morgan fingerprint density at radius 2 is 1.75 bits per heavy atom. The standard InChI is InChI=1S/C17H17NO2/c19-11-10-18-9-8-15-16(18)7-6-14(17(15)20)12-13-4-2-1-3-5-13/h1-9,19-20H,10-12H2. The highest BCUT2D eigenvalue weighted by molar-refractivity contribution is 5.87. The zero-order chi connectivity index (χ0) is 13.9. The maximum Gasteiger partial charge on any atom is 0.128 e. The SMILES string of the molecule is OCCn1ccc2c(O)c(Cc3ccccc3)ccc21. The van der Waals surface area contributed by atoms with Gasteiger partial charge in [0.05, 0.1) is 12.1 Å². The summed E-state index contributed by atoms with van der Waals surface area (Å²) < 4.78 is 1.95. The van der Waals surface area contributed by atoms with Gasteiger partial charge in [-0.2, -0.15) is 0 Å². The summed E-state index contributed by atoms with van der Waals surface area (Å²) >= 11 is 0. The van der Waals surface area contributed by atoms with Gasteiger partial charge in [0, 0.05) is 24.5 Å². The van der Waals surface area contributed by atoms with Crippen LogP contribution in [0.1, 0.15) is 11.1 Å². The van der Waals surface area contributed by atoms with Crippen LogP contribution in [0.15, 0.2) is 54.7 Å². The van der Waals surface area contributed by atoms with Crippen LogP contribution in [0.2, 0.25) is 0 Å². The molecule has 0 aliphatic carbocycles. The molecule has 0 saturated carbocycles. The molecule has 0 atom stereocenters. The minimum atomic E-state index is 0.0936. The molecule has 3 nitrogen and oxygen atoms in total. The maximum atomic E-state index is 10.4. The van der Waals surface area contributed by atoms with Gasteiger partial charge in [0.2, 0.25) is 0 Å². The third-order valence-corrected chi connectivity index (χ3v) is 3.59. The first kappa shape index (κ1) is 12.8. The van der Waals surface area contributed by atoms with Crippen LogP contribution < -0.4 is 0 Å². The molecule has 0 bridgehead atoms. The zero-order valence-corrected chi connectivity index (χ0v) is 11.2. The van der Waals surface area contributed by atoms with Crippen molar-refractivity contribution in [2.45, 2.75) is 13.0 Å². The fourth-order valence-corrected chi connectivity index (χ4v) is 2.56. The molecule has 1 aromatic heterocycles. The van der Waals surface area contributed by atoms with E-state index in [1.54, 1.807) is 0 Å². The van der Waals surface area contributed by atoms with E-state index in [1.807, 2.05) is 47.2 Å². The molecule has 0 aliphatic rings. The Kier molecular flexibility index (Phi) is 3.44. The second-order valence-corrected chi connectivity index (χ2v) is 4.90. The summed E-state index contributed by atoms with van der Waals surface area (Å²) in [6, 6.07) is 16.0. The molecule has 3 aromatic rings. The van der Waals surface area contributed by atoms with Gasteiger partial charge in [-0.15, -0.1) is 0 Å². The van der Waals surface area contributed by atoms with Gasteiger partial charge in [-0.3, -0.25) is 0 Å². The van der Waals surface area contributed by atoms with E-state index in [0.29, 0.717) is 18.7 Å². The van der Waals surface area contributed by atoms with Crippen molar-refractivity contribution in [1.29, 1.82) is 0 Å². The van der Waals surface area contributed by atoms with E-state index < -0.39 is 0 Å². The van der Waals surface area contributed by atoms with Gasteiger partial charge < -0.3 is 14.8 Å². The van der Waals surface area contributed by atoms with Crippen LogP contribution in [-0.2, 0) is 13.0 Å². The molecule has 102 valence electrons. The summed E-state index contributed by atoms with van der Waals surface area (Å²) in [4.78, 5) is 0. The third-order valence-electron chi connectivity index (χ3n) is 3.59. The number of phenols is 1. The van der Waals surface area contributed by atoms with Crippen molar-refractivity contribution in [2.24, 2.45) is 0 Å². The molecule has 20 heavy (non-hydrogen) atoms. The van der Waals surface area contributed by atoms with Crippen LogP contribution in [0.3, 0.4) is 0 Å². The highest BCUT2D eigenvalue weighted by atomic mass is 16.3. The number of rotatable bonds is 4. The largest absolute Gasteiger partial charge is 0.507 e. The van der Waals surface area contributed by atoms with Crippen molar-refractivity contribution in [1.82, 2.24) is 4.57 Å². The maximum absolute atomic E-state index is 10.4. The van der Waals surface area contributed by atoms with Crippen LogP contribution in [0.4, 0.5) is 0 Å². The monoisotopic (exact) mass is 267 g/mol. The van der Waals surface area contributed by atoms with Gasteiger partial charge in [-0.25, -0.2) is 0 Å². The number of benzene rings is 2. The van der Waals surface area contributed by atoms with Gasteiger partial charge in [0.25, 0.3) is 0 Å². The molecule has 3 rings (SSSR count). The van der Waals surface area contributed by atoms with Gasteiger partial charge in [-0.05, 0) is 23.3 Å². The van der Waals surface area contributed by atoms with Crippen molar-refractivity contribution >= 4 is 10.9 Å². The van der Waals surface area contributed by atoms with Crippen molar-refractivity contribution < 1.29 is 10.2 Å². The fourth-order valence-electron chi connectivity index (χ4n) is 2.56. The van der Waals surface area contributed by atoms with E-state index in [-0.39, 0.29) is 6.61 Å². The van der Waals surface area contributed by atoms with Crippen molar-refractivity contribution in [3.63, 3.8) is 0 Å². The lowest BCUT2D eigenvalue weighted by Gasteiger charge is -2.08. The van der Waals surface area contributed by atoms with E-state index >= 15 is 0 Å². The highest BCUT2D eigenvalue weighted by Crippen LogP contribution is 2.31. The van der Waals surface area contributed by atoms with Crippen molar-refractivity contribution in [2.75, 3.05) is 6.61 Å². The normalized spacial score (nSPS) is 11.1. The summed E-state index contributed by atoms with van der Waals surface area (Å²) in [6.45, 7) is 0.636. The highest BCUT2D eigenvalue weighted by Gasteiger charge is 2.10. The summed E-state index contributed by atoms with van der Waals surface area (Å²) in [5.41, 5.74) is 3.05. The van der Waals surface area contributed by atoms with Crippen LogP contribution in [0.25, 0.3) is 10.9 Å². The van der Waals surface area contributed by atoms with Gasteiger partial charge in [0.1, 0.15) is 5.75 Å². The summed E-state index contributed by atoms with van der Waals surface area (Å²) in [5, 5.41) is 20.3. The third kappa shape index (κ3) is 2.28. The average molecular weight is 267 g/mol. The number of fused-ring (bicyclic) bond motifs is 1. The molecule has 3 heteroatoms. The molecule has 0 radical (unpaired) electrons. The molecule has 1 heterocycles. The molecule has 0 amide bonds. The minimum absolute atomic E-state index is 0.0936. The first-order valence-corrected chi connectivity index (χ1v) is 6.74. The predicted octanol–water partition coefficient (Wildman–Crippen LogP) is 2.93. The number of aliphatic hydroxyl groups excluding tert-OH is 1. The second kappa shape index (κ2) is 5.39. The topological polar surface area (TPSA) is 45.4 Å². The number of hydrogen-bond acceptors (Lipinski definition) is 2. The number of aromatic hydroxyl groups is 1. The van der Waals surface area contributed by atoms with E-state index in [0.717, 1.165) is 16.5 Å². The van der Waals surface area contributed by atoms with E-state index in [2.05, 4.69) is 12.1 Å². The Hall–Kier alpha value is -2.26. The average Bonchev–Trinajstić information content (AvgIpc) is 2.88. The van der Waals surface area contributed by atoms with Gasteiger partial charge in [0.15, 0.2) is 0 Å². The lowest BCUT2D eigenvalue weighted by Crippen LogP contribution is -1.99. The Morgan fingerprint density at radius 1 is 0.950 bits per heavy atom. The smallest absolute Gasteiger partial charge is 0.128 e. The van der Waals surface area contributed by atoms with E-state index in [9.17, 15) is 5.11 Å². The van der Waals surface area contributed by atoms with Crippen LogP contribution in [-0.4, -0.2) is 21.4 Å². The van der Waals surface area contributed by atoms with Crippen LogP contribution >= 0.6 is 0 Å². The first-order chi connectivity index (χ1) is 9.79. The Balaban J connectivity index is 1.99. The quantitative estimate of drug-likeness (QED) is 0.763. The Bertz CT molecular complexity index is 716. The lowest BCUT2D eigenvalue weighted by atomic mass is 10.0. The summed E-state index contributed by atoms with van der Waals surface area (Å²) in [7, 11) is 0. The minimum Gasteiger partial charge on any atom is -0.507 e. The molecule has 0 fully saturated rings. The van der Waals surface area contributed by atoms with Crippen LogP contribution in [0, 0.1) is 0 Å². The molecule has 2 N–H and O–H groups in total. The molecule has 0 spiro atoms. The van der Waals surface area contributed by atoms with Gasteiger partial charge in [-0.1, -0.05) is 36.4 Å². The van der Waals surface area contributed by atoms with Crippen molar-refractivity contribution in [3.8, 4) is 5.75 Å². The number of aliphatic hydroxyl groups is 1. The Morgan fingerprint density at radius 3 is 2.50 bits per heavy atom. The van der Waals surface area contributed by atoms with Gasteiger partial charge >= 0.3 is 0 Å². The van der Waals surface area contributed by atoms with E-state index in [1.165, 1.54) is 5.56 Å². The summed E-state index contributed by atoms with van der Waals surface area (Å²) in [5.74, 6) is 0.336. The fraction of sp³-hybridized carbons (Fsp3) is 0.176. The molecule has 0 unspecified atom stereocenters. The van der Waals surface area contributed by atoms with Crippen LogP contribution in [0.5, 0.6) is 5.75 Å². The Labute approximate surface area is 117 Å². The molecular formula is C17H17NO2. The first-order valence-electron chi connectivity index (χ1n) is 6.74. The molecule has 2 aromatic carbocycles.